The van der Waals surface area contributed by atoms with Crippen molar-refractivity contribution >= 4 is 5.91 Å². The first-order chi connectivity index (χ1) is 10.1. The molecule has 21 heavy (non-hydrogen) atoms. The van der Waals surface area contributed by atoms with Crippen LogP contribution in [0, 0.1) is 19.8 Å². The Labute approximate surface area is 127 Å². The van der Waals surface area contributed by atoms with Gasteiger partial charge in [0, 0.05) is 13.2 Å². The number of hydrogen-bond donors (Lipinski definition) is 2. The molecule has 1 aromatic rings. The minimum Gasteiger partial charge on any atom is -0.493 e. The maximum atomic E-state index is 11.7. The highest BCUT2D eigenvalue weighted by Crippen LogP contribution is 2.16. The lowest BCUT2D eigenvalue weighted by molar-refractivity contribution is -0.121. The van der Waals surface area contributed by atoms with E-state index in [9.17, 15) is 4.79 Å². The number of hydrogen-bond acceptors (Lipinski definition) is 3. The lowest BCUT2D eigenvalue weighted by Crippen LogP contribution is -2.30. The van der Waals surface area contributed by atoms with E-state index in [-0.39, 0.29) is 12.5 Å². The first kappa shape index (κ1) is 17.5. The topological polar surface area (TPSA) is 58.6 Å². The van der Waals surface area contributed by atoms with Crippen molar-refractivity contribution < 1.29 is 14.6 Å². The molecule has 0 heterocycles. The van der Waals surface area contributed by atoms with Gasteiger partial charge in [-0.1, -0.05) is 19.4 Å². The van der Waals surface area contributed by atoms with Crippen LogP contribution in [0.2, 0.25) is 0 Å². The molecule has 1 unspecified atom stereocenters. The number of aryl methyl sites for hydroxylation is 2. The summed E-state index contributed by atoms with van der Waals surface area (Å²) in [5.74, 6) is 1.15. The van der Waals surface area contributed by atoms with Crippen molar-refractivity contribution in [3.63, 3.8) is 0 Å². The van der Waals surface area contributed by atoms with Crippen molar-refractivity contribution in [2.24, 2.45) is 5.92 Å². The smallest absolute Gasteiger partial charge is 0.223 e. The summed E-state index contributed by atoms with van der Waals surface area (Å²) in [6.45, 7) is 7.34. The largest absolute Gasteiger partial charge is 0.493 e. The van der Waals surface area contributed by atoms with Crippen LogP contribution in [0.15, 0.2) is 18.2 Å². The molecule has 0 aliphatic carbocycles. The third kappa shape index (κ3) is 6.63. The monoisotopic (exact) mass is 293 g/mol. The number of aliphatic hydroxyl groups is 1. The van der Waals surface area contributed by atoms with Crippen LogP contribution in [-0.2, 0) is 4.79 Å². The van der Waals surface area contributed by atoms with Crippen molar-refractivity contribution in [3.8, 4) is 5.75 Å². The van der Waals surface area contributed by atoms with Crippen LogP contribution >= 0.6 is 0 Å². The van der Waals surface area contributed by atoms with Gasteiger partial charge < -0.3 is 15.2 Å². The fourth-order valence-corrected chi connectivity index (χ4v) is 2.04. The Hall–Kier alpha value is -1.55. The van der Waals surface area contributed by atoms with Gasteiger partial charge in [0.2, 0.25) is 5.91 Å². The lowest BCUT2D eigenvalue weighted by atomic mass is 10.0. The van der Waals surface area contributed by atoms with Crippen LogP contribution in [0.4, 0.5) is 0 Å². The van der Waals surface area contributed by atoms with Crippen LogP contribution in [0.5, 0.6) is 5.75 Å². The Morgan fingerprint density at radius 2 is 2.10 bits per heavy atom. The average molecular weight is 293 g/mol. The van der Waals surface area contributed by atoms with E-state index in [1.54, 1.807) is 0 Å². The molecule has 1 atom stereocenters. The van der Waals surface area contributed by atoms with Gasteiger partial charge in [-0.25, -0.2) is 0 Å². The lowest BCUT2D eigenvalue weighted by Gasteiger charge is -2.14. The minimum absolute atomic E-state index is 0.00442. The molecule has 4 heteroatoms. The predicted octanol–water partition coefficient (Wildman–Crippen LogP) is 2.60. The Kier molecular flexibility index (Phi) is 7.83. The molecule has 0 saturated heterocycles. The highest BCUT2D eigenvalue weighted by molar-refractivity contribution is 5.75. The zero-order chi connectivity index (χ0) is 15.7. The van der Waals surface area contributed by atoms with Crippen LogP contribution in [0.1, 0.15) is 37.3 Å². The van der Waals surface area contributed by atoms with Gasteiger partial charge in [0.15, 0.2) is 0 Å². The fraction of sp³-hybridized carbons (Fsp3) is 0.588. The van der Waals surface area contributed by atoms with E-state index in [1.165, 1.54) is 11.1 Å². The maximum Gasteiger partial charge on any atom is 0.223 e. The zero-order valence-corrected chi connectivity index (χ0v) is 13.3. The van der Waals surface area contributed by atoms with Crippen molar-refractivity contribution in [2.45, 2.75) is 40.0 Å². The second-order valence-corrected chi connectivity index (χ2v) is 5.44. The summed E-state index contributed by atoms with van der Waals surface area (Å²) in [6, 6.07) is 5.93. The quantitative estimate of drug-likeness (QED) is 0.736. The fourth-order valence-electron chi connectivity index (χ4n) is 2.04. The number of nitrogens with one attached hydrogen (secondary N) is 1. The molecule has 0 aliphatic heterocycles. The second kappa shape index (κ2) is 9.40. The van der Waals surface area contributed by atoms with Gasteiger partial charge in [0.25, 0.3) is 0 Å². The molecule has 0 saturated carbocycles. The highest BCUT2D eigenvalue weighted by Gasteiger charge is 2.08. The van der Waals surface area contributed by atoms with Crippen molar-refractivity contribution in [1.29, 1.82) is 0 Å². The van der Waals surface area contributed by atoms with Gasteiger partial charge in [-0.15, -0.1) is 0 Å². The van der Waals surface area contributed by atoms with Gasteiger partial charge in [-0.05, 0) is 49.4 Å². The molecule has 118 valence electrons. The standard InChI is InChI=1S/C17H27NO3/c1-4-15(7-9-19)12-18-17(20)8-10-21-16-6-5-13(2)14(3)11-16/h5-6,11,15,19H,4,7-10,12H2,1-3H3,(H,18,20). The average Bonchev–Trinajstić information content (AvgIpc) is 2.47. The zero-order valence-electron chi connectivity index (χ0n) is 13.3. The summed E-state index contributed by atoms with van der Waals surface area (Å²) in [6.07, 6.45) is 2.04. The SMILES string of the molecule is CCC(CCO)CNC(=O)CCOc1ccc(C)c(C)c1. The van der Waals surface area contributed by atoms with Crippen molar-refractivity contribution in [3.05, 3.63) is 29.3 Å². The van der Waals surface area contributed by atoms with Gasteiger partial charge in [-0.2, -0.15) is 0 Å². The molecule has 0 aromatic heterocycles. The molecule has 1 rings (SSSR count). The van der Waals surface area contributed by atoms with E-state index in [4.69, 9.17) is 9.84 Å². The summed E-state index contributed by atoms with van der Waals surface area (Å²) < 4.78 is 5.59. The van der Waals surface area contributed by atoms with Crippen molar-refractivity contribution in [1.82, 2.24) is 5.32 Å². The summed E-state index contributed by atoms with van der Waals surface area (Å²) in [5, 5.41) is 11.8. The molecule has 0 fully saturated rings. The van der Waals surface area contributed by atoms with Crippen LogP contribution < -0.4 is 10.1 Å². The molecule has 4 nitrogen and oxygen atoms in total. The molecule has 2 N–H and O–H groups in total. The van der Waals surface area contributed by atoms with Crippen molar-refractivity contribution in [2.75, 3.05) is 19.8 Å². The minimum atomic E-state index is -0.00442. The number of benzene rings is 1. The summed E-state index contributed by atoms with van der Waals surface area (Å²) in [7, 11) is 0. The van der Waals surface area contributed by atoms with Gasteiger partial charge >= 0.3 is 0 Å². The Morgan fingerprint density at radius 3 is 2.71 bits per heavy atom. The van der Waals surface area contributed by atoms with E-state index in [1.807, 2.05) is 25.1 Å². The molecule has 1 amide bonds. The third-order valence-electron chi connectivity index (χ3n) is 3.78. The summed E-state index contributed by atoms with van der Waals surface area (Å²) in [5.41, 5.74) is 2.42. The normalized spacial score (nSPS) is 12.0. The maximum absolute atomic E-state index is 11.7. The van der Waals surface area contributed by atoms with E-state index >= 15 is 0 Å². The van der Waals surface area contributed by atoms with Crippen LogP contribution in [0.25, 0.3) is 0 Å². The molecule has 1 aromatic carbocycles. The molecule has 0 spiro atoms. The van der Waals surface area contributed by atoms with E-state index in [0.717, 1.165) is 18.6 Å². The summed E-state index contributed by atoms with van der Waals surface area (Å²) in [4.78, 5) is 11.7. The number of rotatable bonds is 9. The van der Waals surface area contributed by atoms with Gasteiger partial charge in [0.05, 0.1) is 13.0 Å². The highest BCUT2D eigenvalue weighted by atomic mass is 16.5. The number of amides is 1. The summed E-state index contributed by atoms with van der Waals surface area (Å²) >= 11 is 0. The molecular formula is C17H27NO3. The van der Waals surface area contributed by atoms with E-state index < -0.39 is 0 Å². The molecule has 0 bridgehead atoms. The molecular weight excluding hydrogens is 266 g/mol. The predicted molar refractivity (Wildman–Crippen MR) is 84.5 cm³/mol. The molecule has 0 aliphatic rings. The Morgan fingerprint density at radius 1 is 1.33 bits per heavy atom. The Balaban J connectivity index is 2.25. The van der Waals surface area contributed by atoms with Crippen LogP contribution in [-0.4, -0.2) is 30.8 Å². The Bertz CT molecular complexity index is 446. The first-order valence-electron chi connectivity index (χ1n) is 7.64. The number of carbonyl (C=O) groups is 1. The second-order valence-electron chi connectivity index (χ2n) is 5.44. The van der Waals surface area contributed by atoms with Gasteiger partial charge in [0.1, 0.15) is 5.75 Å². The van der Waals surface area contributed by atoms with E-state index in [0.29, 0.717) is 25.5 Å². The number of ether oxygens (including phenoxy) is 1. The first-order valence-corrected chi connectivity index (χ1v) is 7.64. The number of carbonyl (C=O) groups excluding carboxylic acids is 1. The van der Waals surface area contributed by atoms with Crippen LogP contribution in [0.3, 0.4) is 0 Å². The third-order valence-corrected chi connectivity index (χ3v) is 3.78. The number of aliphatic hydroxyl groups excluding tert-OH is 1. The van der Waals surface area contributed by atoms with Gasteiger partial charge in [-0.3, -0.25) is 4.79 Å². The van der Waals surface area contributed by atoms with E-state index in [2.05, 4.69) is 19.2 Å². The molecule has 0 radical (unpaired) electrons.